The topological polar surface area (TPSA) is 90.9 Å². The highest BCUT2D eigenvalue weighted by Crippen LogP contribution is 2.24. The molecule has 20 heavy (non-hydrogen) atoms. The van der Waals surface area contributed by atoms with Gasteiger partial charge in [-0.05, 0) is 12.5 Å². The molecule has 6 heteroatoms. The third-order valence-corrected chi connectivity index (χ3v) is 2.99. The Balaban J connectivity index is 2.41. The van der Waals surface area contributed by atoms with Gasteiger partial charge in [0.2, 0.25) is 0 Å². The summed E-state index contributed by atoms with van der Waals surface area (Å²) in [6.45, 7) is 1.71. The van der Waals surface area contributed by atoms with Gasteiger partial charge in [0.1, 0.15) is 17.5 Å². The quantitative estimate of drug-likeness (QED) is 0.884. The zero-order chi connectivity index (χ0) is 14.7. The van der Waals surface area contributed by atoms with E-state index in [1.807, 2.05) is 12.1 Å². The van der Waals surface area contributed by atoms with Crippen molar-refractivity contribution in [2.45, 2.75) is 13.0 Å². The van der Waals surface area contributed by atoms with Gasteiger partial charge in [0.25, 0.3) is 0 Å². The number of nitrogens with zero attached hydrogens (tertiary/aromatic N) is 3. The summed E-state index contributed by atoms with van der Waals surface area (Å²) in [7, 11) is 1.67. The van der Waals surface area contributed by atoms with Crippen molar-refractivity contribution in [3.8, 4) is 6.07 Å². The number of benzene rings is 1. The van der Waals surface area contributed by atoms with Crippen molar-refractivity contribution in [2.75, 3.05) is 5.32 Å². The Morgan fingerprint density at radius 3 is 2.65 bits per heavy atom. The lowest BCUT2D eigenvalue weighted by Crippen LogP contribution is -2.22. The van der Waals surface area contributed by atoms with Gasteiger partial charge in [-0.3, -0.25) is 4.68 Å². The van der Waals surface area contributed by atoms with Crippen molar-refractivity contribution in [1.82, 2.24) is 9.78 Å². The second-order valence-electron chi connectivity index (χ2n) is 4.37. The van der Waals surface area contributed by atoms with Crippen LogP contribution in [0.25, 0.3) is 0 Å². The van der Waals surface area contributed by atoms with Gasteiger partial charge in [0.05, 0.1) is 5.69 Å². The summed E-state index contributed by atoms with van der Waals surface area (Å²) in [5, 5.41) is 25.5. The van der Waals surface area contributed by atoms with Gasteiger partial charge in [0, 0.05) is 7.05 Å². The lowest BCUT2D eigenvalue weighted by atomic mass is 10.1. The Hall–Kier alpha value is -2.81. The molecule has 2 aromatic rings. The molecule has 0 radical (unpaired) electrons. The molecule has 1 heterocycles. The Morgan fingerprint density at radius 2 is 2.10 bits per heavy atom. The number of rotatable bonds is 4. The van der Waals surface area contributed by atoms with Gasteiger partial charge >= 0.3 is 5.97 Å². The average Bonchev–Trinajstić information content (AvgIpc) is 2.70. The zero-order valence-corrected chi connectivity index (χ0v) is 11.2. The smallest absolute Gasteiger partial charge is 0.330 e. The van der Waals surface area contributed by atoms with E-state index in [1.165, 1.54) is 4.68 Å². The summed E-state index contributed by atoms with van der Waals surface area (Å²) in [5.74, 6) is -0.611. The maximum Gasteiger partial charge on any atom is 0.330 e. The van der Waals surface area contributed by atoms with E-state index in [1.54, 1.807) is 38.2 Å². The minimum Gasteiger partial charge on any atom is -0.479 e. The van der Waals surface area contributed by atoms with E-state index in [2.05, 4.69) is 10.4 Å². The molecule has 0 amide bonds. The number of carboxylic acid groups (broad SMARTS) is 1. The van der Waals surface area contributed by atoms with Crippen LogP contribution in [0.15, 0.2) is 30.3 Å². The van der Waals surface area contributed by atoms with Crippen LogP contribution in [0.3, 0.4) is 0 Å². The molecule has 1 unspecified atom stereocenters. The molecule has 0 saturated heterocycles. The van der Waals surface area contributed by atoms with Crippen LogP contribution in [0, 0.1) is 18.3 Å². The second-order valence-corrected chi connectivity index (χ2v) is 4.37. The molecule has 0 bridgehead atoms. The van der Waals surface area contributed by atoms with E-state index in [4.69, 9.17) is 5.26 Å². The fourth-order valence-electron chi connectivity index (χ4n) is 2.03. The average molecular weight is 270 g/mol. The van der Waals surface area contributed by atoms with Crippen LogP contribution in [0.4, 0.5) is 5.82 Å². The van der Waals surface area contributed by atoms with Crippen molar-refractivity contribution >= 4 is 11.8 Å². The van der Waals surface area contributed by atoms with Crippen molar-refractivity contribution < 1.29 is 9.90 Å². The van der Waals surface area contributed by atoms with Crippen molar-refractivity contribution in [1.29, 1.82) is 5.26 Å². The number of nitrogens with one attached hydrogen (secondary N) is 1. The highest BCUT2D eigenvalue weighted by atomic mass is 16.4. The maximum absolute atomic E-state index is 11.4. The molecule has 1 aromatic carbocycles. The fourth-order valence-corrected chi connectivity index (χ4v) is 2.03. The maximum atomic E-state index is 11.4. The summed E-state index contributed by atoms with van der Waals surface area (Å²) < 4.78 is 1.48. The molecule has 0 saturated carbocycles. The predicted octanol–water partition coefficient (Wildman–Crippen LogP) is 1.84. The summed E-state index contributed by atoms with van der Waals surface area (Å²) in [4.78, 5) is 11.4. The van der Waals surface area contributed by atoms with Crippen molar-refractivity contribution in [2.24, 2.45) is 7.05 Å². The molecule has 1 atom stereocenters. The number of hydrogen-bond acceptors (Lipinski definition) is 4. The van der Waals surface area contributed by atoms with Crippen LogP contribution in [0.2, 0.25) is 0 Å². The monoisotopic (exact) mass is 270 g/mol. The number of aliphatic carboxylic acids is 1. The molecule has 0 spiro atoms. The Bertz CT molecular complexity index is 670. The van der Waals surface area contributed by atoms with Gasteiger partial charge < -0.3 is 10.4 Å². The van der Waals surface area contributed by atoms with E-state index < -0.39 is 12.0 Å². The number of hydrogen-bond donors (Lipinski definition) is 2. The largest absolute Gasteiger partial charge is 0.479 e. The lowest BCUT2D eigenvalue weighted by molar-refractivity contribution is -0.138. The van der Waals surface area contributed by atoms with Crippen LogP contribution in [-0.4, -0.2) is 20.9 Å². The van der Waals surface area contributed by atoms with Crippen LogP contribution >= 0.6 is 0 Å². The molecule has 0 fully saturated rings. The minimum absolute atomic E-state index is 0.356. The molecule has 0 aliphatic carbocycles. The first kappa shape index (κ1) is 13.6. The summed E-state index contributed by atoms with van der Waals surface area (Å²) in [6, 6.07) is 9.91. The number of aromatic nitrogens is 2. The number of nitriles is 1. The standard InChI is InChI=1S/C14H14N4O2/c1-9-11(8-15)13(18(2)17-9)16-12(14(19)20)10-6-4-3-5-7-10/h3-7,12,16H,1-2H3,(H,19,20). The number of aryl methyl sites for hydroxylation is 2. The van der Waals surface area contributed by atoms with E-state index in [9.17, 15) is 9.90 Å². The van der Waals surface area contributed by atoms with Crippen LogP contribution < -0.4 is 5.32 Å². The van der Waals surface area contributed by atoms with E-state index >= 15 is 0 Å². The fraction of sp³-hybridized carbons (Fsp3) is 0.214. The normalized spacial score (nSPS) is 11.7. The van der Waals surface area contributed by atoms with Gasteiger partial charge in [-0.15, -0.1) is 0 Å². The first-order chi connectivity index (χ1) is 9.54. The Labute approximate surface area is 116 Å². The van der Waals surface area contributed by atoms with E-state index in [0.29, 0.717) is 22.6 Å². The molecular formula is C14H14N4O2. The first-order valence-electron chi connectivity index (χ1n) is 6.02. The van der Waals surface area contributed by atoms with Gasteiger partial charge in [-0.25, -0.2) is 4.79 Å². The van der Waals surface area contributed by atoms with E-state index in [-0.39, 0.29) is 0 Å². The summed E-state index contributed by atoms with van der Waals surface area (Å²) >= 11 is 0. The third-order valence-electron chi connectivity index (χ3n) is 2.99. The molecule has 0 aliphatic heterocycles. The van der Waals surface area contributed by atoms with Gasteiger partial charge in [-0.1, -0.05) is 30.3 Å². The molecule has 0 aliphatic rings. The SMILES string of the molecule is Cc1nn(C)c(NC(C(=O)O)c2ccccc2)c1C#N. The minimum atomic E-state index is -1.01. The van der Waals surface area contributed by atoms with Crippen LogP contribution in [0.1, 0.15) is 22.9 Å². The molecule has 102 valence electrons. The van der Waals surface area contributed by atoms with Gasteiger partial charge in [-0.2, -0.15) is 10.4 Å². The predicted molar refractivity (Wildman–Crippen MR) is 73.1 cm³/mol. The van der Waals surface area contributed by atoms with E-state index in [0.717, 1.165) is 0 Å². The molecule has 1 aromatic heterocycles. The highest BCUT2D eigenvalue weighted by molar-refractivity contribution is 5.79. The molecule has 2 rings (SSSR count). The second kappa shape index (κ2) is 5.45. The molecular weight excluding hydrogens is 256 g/mol. The molecule has 6 nitrogen and oxygen atoms in total. The Morgan fingerprint density at radius 1 is 1.45 bits per heavy atom. The zero-order valence-electron chi connectivity index (χ0n) is 11.2. The van der Waals surface area contributed by atoms with Crippen molar-refractivity contribution in [3.05, 3.63) is 47.2 Å². The highest BCUT2D eigenvalue weighted by Gasteiger charge is 2.23. The first-order valence-corrected chi connectivity index (χ1v) is 6.02. The third kappa shape index (κ3) is 2.47. The number of carboxylic acids is 1. The lowest BCUT2D eigenvalue weighted by Gasteiger charge is -2.16. The Kier molecular flexibility index (Phi) is 3.71. The number of anilines is 1. The van der Waals surface area contributed by atoms with Crippen LogP contribution in [0.5, 0.6) is 0 Å². The van der Waals surface area contributed by atoms with Gasteiger partial charge in [0.15, 0.2) is 6.04 Å². The van der Waals surface area contributed by atoms with Crippen molar-refractivity contribution in [3.63, 3.8) is 0 Å². The molecule has 2 N–H and O–H groups in total. The summed E-state index contributed by atoms with van der Waals surface area (Å²) in [5.41, 5.74) is 1.53. The van der Waals surface area contributed by atoms with Crippen LogP contribution in [-0.2, 0) is 11.8 Å². The number of carbonyl (C=O) groups is 1. The summed E-state index contributed by atoms with van der Waals surface area (Å²) in [6.07, 6.45) is 0.